The Morgan fingerprint density at radius 3 is 2.56 bits per heavy atom. The molecule has 4 rings (SSSR count). The SMILES string of the molecule is CCSc1cc(F)c(N2CCC(O)(COc3ccc(Cl)c4c3CCC(=O)N4)CC2)c(F)c1. The van der Waals surface area contributed by atoms with Gasteiger partial charge in [-0.1, -0.05) is 18.5 Å². The second-order valence-corrected chi connectivity index (χ2v) is 9.86. The summed E-state index contributed by atoms with van der Waals surface area (Å²) in [6, 6.07) is 6.11. The maximum Gasteiger partial charge on any atom is 0.224 e. The third kappa shape index (κ3) is 4.82. The van der Waals surface area contributed by atoms with Crippen molar-refractivity contribution in [2.75, 3.05) is 35.7 Å². The normalized spacial score (nSPS) is 17.7. The zero-order valence-electron chi connectivity index (χ0n) is 17.7. The standard InChI is InChI=1S/C23H25ClF2N2O3S/c1-2-32-14-11-17(25)22(18(26)12-14)28-9-7-23(30,8-10-28)13-31-19-5-4-16(24)21-15(19)3-6-20(29)27-21/h4-5,11-12,30H,2-3,6-10,13H2,1H3,(H,27,29). The summed E-state index contributed by atoms with van der Waals surface area (Å²) in [4.78, 5) is 13.9. The van der Waals surface area contributed by atoms with Gasteiger partial charge in [-0.3, -0.25) is 4.79 Å². The monoisotopic (exact) mass is 482 g/mol. The minimum atomic E-state index is -1.12. The van der Waals surface area contributed by atoms with Gasteiger partial charge in [0, 0.05) is 30.0 Å². The number of benzene rings is 2. The lowest BCUT2D eigenvalue weighted by Gasteiger charge is -2.39. The van der Waals surface area contributed by atoms with E-state index in [1.165, 1.54) is 23.9 Å². The summed E-state index contributed by atoms with van der Waals surface area (Å²) in [5.74, 6) is 0.0395. The van der Waals surface area contributed by atoms with E-state index in [0.29, 0.717) is 60.1 Å². The van der Waals surface area contributed by atoms with Crippen molar-refractivity contribution >= 4 is 40.6 Å². The number of thioether (sulfide) groups is 1. The number of nitrogens with zero attached hydrogens (tertiary/aromatic N) is 1. The van der Waals surface area contributed by atoms with Crippen LogP contribution in [0, 0.1) is 11.6 Å². The van der Waals surface area contributed by atoms with E-state index in [2.05, 4.69) is 5.32 Å². The number of hydrogen-bond donors (Lipinski definition) is 2. The van der Waals surface area contributed by atoms with Gasteiger partial charge in [0.15, 0.2) is 11.6 Å². The van der Waals surface area contributed by atoms with Crippen LogP contribution in [0.15, 0.2) is 29.2 Å². The Morgan fingerprint density at radius 1 is 1.22 bits per heavy atom. The molecule has 0 atom stereocenters. The van der Waals surface area contributed by atoms with Gasteiger partial charge >= 0.3 is 0 Å². The predicted molar refractivity (Wildman–Crippen MR) is 123 cm³/mol. The number of rotatable bonds is 6. The van der Waals surface area contributed by atoms with E-state index in [0.717, 1.165) is 11.3 Å². The molecule has 0 saturated carbocycles. The lowest BCUT2D eigenvalue weighted by Crippen LogP contribution is -2.48. The van der Waals surface area contributed by atoms with Gasteiger partial charge in [0.05, 0.1) is 10.7 Å². The Balaban J connectivity index is 1.42. The second-order valence-electron chi connectivity index (χ2n) is 8.12. The summed E-state index contributed by atoms with van der Waals surface area (Å²) in [5.41, 5.74) is 0.201. The van der Waals surface area contributed by atoms with E-state index >= 15 is 0 Å². The zero-order valence-corrected chi connectivity index (χ0v) is 19.3. The summed E-state index contributed by atoms with van der Waals surface area (Å²) in [5, 5.41) is 14.2. The van der Waals surface area contributed by atoms with Crippen molar-refractivity contribution in [2.45, 2.75) is 43.1 Å². The Labute approximate surface area is 195 Å². The van der Waals surface area contributed by atoms with E-state index in [9.17, 15) is 18.7 Å². The van der Waals surface area contributed by atoms with Gasteiger partial charge in [-0.05, 0) is 49.3 Å². The summed E-state index contributed by atoms with van der Waals surface area (Å²) in [7, 11) is 0. The minimum Gasteiger partial charge on any atom is -0.490 e. The van der Waals surface area contributed by atoms with Crippen molar-refractivity contribution in [1.82, 2.24) is 0 Å². The van der Waals surface area contributed by atoms with Crippen molar-refractivity contribution in [3.05, 3.63) is 46.5 Å². The first kappa shape index (κ1) is 23.1. The first-order valence-electron chi connectivity index (χ1n) is 10.6. The average molecular weight is 483 g/mol. The van der Waals surface area contributed by atoms with Gasteiger partial charge in [-0.25, -0.2) is 8.78 Å². The molecule has 2 aliphatic heterocycles. The number of nitrogens with one attached hydrogen (secondary N) is 1. The highest BCUT2D eigenvalue weighted by Gasteiger charge is 2.35. The number of halogens is 3. The largest absolute Gasteiger partial charge is 0.490 e. The van der Waals surface area contributed by atoms with Crippen LogP contribution in [0.3, 0.4) is 0 Å². The number of anilines is 2. The molecule has 5 nitrogen and oxygen atoms in total. The third-order valence-electron chi connectivity index (χ3n) is 5.89. The second kappa shape index (κ2) is 9.45. The molecule has 32 heavy (non-hydrogen) atoms. The van der Waals surface area contributed by atoms with Crippen molar-refractivity contribution < 1.29 is 23.4 Å². The molecule has 2 N–H and O–H groups in total. The molecule has 0 aromatic heterocycles. The number of aliphatic hydroxyl groups is 1. The van der Waals surface area contributed by atoms with Crippen molar-refractivity contribution in [1.29, 1.82) is 0 Å². The van der Waals surface area contributed by atoms with Crippen molar-refractivity contribution in [2.24, 2.45) is 0 Å². The average Bonchev–Trinajstić information content (AvgIpc) is 2.75. The lowest BCUT2D eigenvalue weighted by atomic mass is 9.92. The minimum absolute atomic E-state index is 0.0416. The molecule has 9 heteroatoms. The fraction of sp³-hybridized carbons (Fsp3) is 0.435. The molecule has 172 valence electrons. The molecular formula is C23H25ClF2N2O3S. The Bertz CT molecular complexity index is 1010. The number of hydrogen-bond acceptors (Lipinski definition) is 5. The molecule has 0 spiro atoms. The van der Waals surface area contributed by atoms with Crippen LogP contribution < -0.4 is 15.0 Å². The zero-order chi connectivity index (χ0) is 22.9. The van der Waals surface area contributed by atoms with Gasteiger partial charge in [0.1, 0.15) is 23.6 Å². The maximum absolute atomic E-state index is 14.6. The quantitative estimate of drug-likeness (QED) is 0.566. The highest BCUT2D eigenvalue weighted by Crippen LogP contribution is 2.38. The highest BCUT2D eigenvalue weighted by molar-refractivity contribution is 7.99. The highest BCUT2D eigenvalue weighted by atomic mass is 35.5. The molecule has 1 saturated heterocycles. The number of amides is 1. The van der Waals surface area contributed by atoms with Crippen LogP contribution in [-0.4, -0.2) is 42.1 Å². The van der Waals surface area contributed by atoms with E-state index in [-0.39, 0.29) is 18.2 Å². The van der Waals surface area contributed by atoms with E-state index in [1.807, 2.05) is 6.92 Å². The van der Waals surface area contributed by atoms with Crippen LogP contribution in [0.5, 0.6) is 5.75 Å². The van der Waals surface area contributed by atoms with Gasteiger partial charge in [-0.2, -0.15) is 0 Å². The molecule has 2 aliphatic rings. The first-order valence-corrected chi connectivity index (χ1v) is 12.0. The molecule has 1 fully saturated rings. The number of fused-ring (bicyclic) bond motifs is 1. The van der Waals surface area contributed by atoms with Gasteiger partial charge < -0.3 is 20.1 Å². The Morgan fingerprint density at radius 2 is 1.91 bits per heavy atom. The smallest absolute Gasteiger partial charge is 0.224 e. The van der Waals surface area contributed by atoms with Crippen LogP contribution in [-0.2, 0) is 11.2 Å². The first-order chi connectivity index (χ1) is 15.3. The molecule has 0 radical (unpaired) electrons. The summed E-state index contributed by atoms with van der Waals surface area (Å²) in [6.07, 6.45) is 1.47. The Hall–Kier alpha value is -2.03. The summed E-state index contributed by atoms with van der Waals surface area (Å²) < 4.78 is 35.1. The van der Waals surface area contributed by atoms with Gasteiger partial charge in [0.2, 0.25) is 5.91 Å². The van der Waals surface area contributed by atoms with Crippen molar-refractivity contribution in [3.8, 4) is 5.75 Å². The Kier molecular flexibility index (Phi) is 6.83. The number of carbonyl (C=O) groups is 1. The molecule has 1 amide bonds. The summed E-state index contributed by atoms with van der Waals surface area (Å²) >= 11 is 7.58. The van der Waals surface area contributed by atoms with E-state index < -0.39 is 17.2 Å². The molecule has 2 heterocycles. The van der Waals surface area contributed by atoms with E-state index in [1.54, 1.807) is 17.0 Å². The summed E-state index contributed by atoms with van der Waals surface area (Å²) in [6.45, 7) is 2.59. The molecule has 2 aromatic rings. The van der Waals surface area contributed by atoms with Crippen LogP contribution in [0.1, 0.15) is 31.7 Å². The van der Waals surface area contributed by atoms with Crippen LogP contribution >= 0.6 is 23.4 Å². The number of ether oxygens (including phenoxy) is 1. The van der Waals surface area contributed by atoms with Crippen LogP contribution in [0.2, 0.25) is 5.02 Å². The van der Waals surface area contributed by atoms with Crippen LogP contribution in [0.4, 0.5) is 20.2 Å². The molecule has 0 bridgehead atoms. The van der Waals surface area contributed by atoms with Gasteiger partial charge in [0.25, 0.3) is 0 Å². The fourth-order valence-electron chi connectivity index (χ4n) is 4.16. The third-order valence-corrected chi connectivity index (χ3v) is 7.07. The molecule has 0 aliphatic carbocycles. The number of piperidine rings is 1. The molecular weight excluding hydrogens is 458 g/mol. The fourth-order valence-corrected chi connectivity index (χ4v) is 5.09. The van der Waals surface area contributed by atoms with Crippen molar-refractivity contribution in [3.63, 3.8) is 0 Å². The van der Waals surface area contributed by atoms with Gasteiger partial charge in [-0.15, -0.1) is 11.8 Å². The van der Waals surface area contributed by atoms with E-state index in [4.69, 9.17) is 16.3 Å². The molecule has 2 aromatic carbocycles. The maximum atomic E-state index is 14.6. The van der Waals surface area contributed by atoms with Crippen LogP contribution in [0.25, 0.3) is 0 Å². The molecule has 0 unspecified atom stereocenters. The number of carbonyl (C=O) groups excluding carboxylic acids is 1. The lowest BCUT2D eigenvalue weighted by molar-refractivity contribution is -0.116. The topological polar surface area (TPSA) is 61.8 Å². The predicted octanol–water partition coefficient (Wildman–Crippen LogP) is 5.03.